The first kappa shape index (κ1) is 18.9. The average molecular weight is 347 g/mol. The normalized spacial score (nSPS) is 12.7. The molecule has 7 heteroatoms. The Morgan fingerprint density at radius 3 is 2.64 bits per heavy atom. The fraction of sp³-hybridized carbons (Fsp3) is 0.500. The smallest absolute Gasteiger partial charge is 0.264 e. The van der Waals surface area contributed by atoms with Crippen LogP contribution in [0, 0.1) is 6.92 Å². The summed E-state index contributed by atoms with van der Waals surface area (Å²) >= 11 is 0. The van der Waals surface area contributed by atoms with Gasteiger partial charge in [-0.25, -0.2) is 0 Å². The average Bonchev–Trinajstić information content (AvgIpc) is 3.04. The second-order valence-corrected chi connectivity index (χ2v) is 6.41. The van der Waals surface area contributed by atoms with Crippen molar-refractivity contribution >= 4 is 5.91 Å². The zero-order chi connectivity index (χ0) is 18.4. The highest BCUT2D eigenvalue weighted by molar-refractivity contribution is 5.84. The molecule has 0 spiro atoms. The predicted octanol–water partition coefficient (Wildman–Crippen LogP) is 2.60. The first-order chi connectivity index (χ1) is 11.8. The Hall–Kier alpha value is -2.41. The van der Waals surface area contributed by atoms with E-state index in [9.17, 15) is 4.79 Å². The molecule has 0 saturated carbocycles. The van der Waals surface area contributed by atoms with Gasteiger partial charge in [-0.05, 0) is 39.8 Å². The van der Waals surface area contributed by atoms with Gasteiger partial charge < -0.3 is 19.3 Å². The molecule has 0 bridgehead atoms. The molecular formula is C18H25N3O4. The van der Waals surface area contributed by atoms with E-state index in [-0.39, 0.29) is 5.91 Å². The van der Waals surface area contributed by atoms with Gasteiger partial charge in [0, 0.05) is 13.5 Å². The highest BCUT2D eigenvalue weighted by Gasteiger charge is 2.32. The van der Waals surface area contributed by atoms with Crippen LogP contribution in [0.5, 0.6) is 5.75 Å². The second-order valence-electron chi connectivity index (χ2n) is 6.41. The number of carbonyl (C=O) groups is 1. The summed E-state index contributed by atoms with van der Waals surface area (Å²) in [7, 11) is 1.61. The lowest BCUT2D eigenvalue weighted by Gasteiger charge is -2.26. The Morgan fingerprint density at radius 1 is 1.32 bits per heavy atom. The van der Waals surface area contributed by atoms with E-state index in [0.717, 1.165) is 5.56 Å². The third-order valence-electron chi connectivity index (χ3n) is 3.67. The van der Waals surface area contributed by atoms with Crippen molar-refractivity contribution in [3.8, 4) is 5.75 Å². The van der Waals surface area contributed by atoms with Gasteiger partial charge in [-0.15, -0.1) is 0 Å². The van der Waals surface area contributed by atoms with Crippen LogP contribution in [-0.2, 0) is 16.0 Å². The molecule has 0 aliphatic carbocycles. The summed E-state index contributed by atoms with van der Waals surface area (Å²) in [4.78, 5) is 16.8. The minimum absolute atomic E-state index is 0.266. The molecule has 25 heavy (non-hydrogen) atoms. The van der Waals surface area contributed by atoms with Crippen LogP contribution >= 0.6 is 0 Å². The van der Waals surface area contributed by atoms with Crippen LogP contribution in [-0.4, -0.2) is 35.4 Å². The number of ether oxygens (including phenoxy) is 2. The third-order valence-corrected chi connectivity index (χ3v) is 3.67. The Kier molecular flexibility index (Phi) is 6.14. The fourth-order valence-corrected chi connectivity index (χ4v) is 2.12. The van der Waals surface area contributed by atoms with E-state index in [4.69, 9.17) is 14.0 Å². The maximum absolute atomic E-state index is 12.6. The summed E-state index contributed by atoms with van der Waals surface area (Å²) in [6.07, 6.45) is 0.558. The number of carbonyl (C=O) groups excluding carboxylic acids is 1. The Labute approximate surface area is 147 Å². The third kappa shape index (κ3) is 5.29. The summed E-state index contributed by atoms with van der Waals surface area (Å²) < 4.78 is 16.0. The van der Waals surface area contributed by atoms with Crippen LogP contribution in [0.15, 0.2) is 28.8 Å². The molecule has 0 radical (unpaired) electrons. The largest absolute Gasteiger partial charge is 0.478 e. The molecule has 136 valence electrons. The van der Waals surface area contributed by atoms with E-state index in [1.807, 2.05) is 31.2 Å². The van der Waals surface area contributed by atoms with Gasteiger partial charge in [0.2, 0.25) is 5.89 Å². The standard InChI is InChI=1S/C18H25N3O4/c1-12-6-8-14(9-7-12)24-18(3,4)17(22)19-13(2)16-20-15(21-25-16)10-11-23-5/h6-9,13H,10-11H2,1-5H3,(H,19,22). The van der Waals surface area contributed by atoms with Gasteiger partial charge >= 0.3 is 0 Å². The summed E-state index contributed by atoms with van der Waals surface area (Å²) in [5.41, 5.74) is 0.0893. The molecule has 0 fully saturated rings. The van der Waals surface area contributed by atoms with Crippen LogP contribution in [0.3, 0.4) is 0 Å². The molecular weight excluding hydrogens is 322 g/mol. The van der Waals surface area contributed by atoms with Crippen molar-refractivity contribution in [2.24, 2.45) is 0 Å². The van der Waals surface area contributed by atoms with Crippen LogP contribution in [0.4, 0.5) is 0 Å². The zero-order valence-electron chi connectivity index (χ0n) is 15.3. The molecule has 1 aromatic carbocycles. The van der Waals surface area contributed by atoms with Crippen molar-refractivity contribution < 1.29 is 18.8 Å². The van der Waals surface area contributed by atoms with Crippen LogP contribution in [0.25, 0.3) is 0 Å². The lowest BCUT2D eigenvalue weighted by Crippen LogP contribution is -2.47. The molecule has 0 aliphatic rings. The van der Waals surface area contributed by atoms with Gasteiger partial charge in [0.05, 0.1) is 6.61 Å². The number of methoxy groups -OCH3 is 1. The van der Waals surface area contributed by atoms with E-state index in [1.54, 1.807) is 27.9 Å². The number of hydrogen-bond donors (Lipinski definition) is 1. The maximum atomic E-state index is 12.6. The number of aryl methyl sites for hydroxylation is 1. The van der Waals surface area contributed by atoms with Crippen LogP contribution < -0.4 is 10.1 Å². The van der Waals surface area contributed by atoms with E-state index in [1.165, 1.54) is 0 Å². The molecule has 7 nitrogen and oxygen atoms in total. The van der Waals surface area contributed by atoms with Crippen molar-refractivity contribution in [1.82, 2.24) is 15.5 Å². The van der Waals surface area contributed by atoms with Crippen molar-refractivity contribution in [3.63, 3.8) is 0 Å². The Morgan fingerprint density at radius 2 is 2.00 bits per heavy atom. The summed E-state index contributed by atoms with van der Waals surface area (Å²) in [6, 6.07) is 7.14. The number of amides is 1. The molecule has 1 heterocycles. The van der Waals surface area contributed by atoms with Gasteiger partial charge in [-0.1, -0.05) is 22.9 Å². The van der Waals surface area contributed by atoms with Crippen LogP contribution in [0.1, 0.15) is 44.1 Å². The number of benzene rings is 1. The summed E-state index contributed by atoms with van der Waals surface area (Å²) in [5, 5.41) is 6.72. The highest BCUT2D eigenvalue weighted by Crippen LogP contribution is 2.20. The quantitative estimate of drug-likeness (QED) is 0.790. The SMILES string of the molecule is COCCc1noc(C(C)NC(=O)C(C)(C)Oc2ccc(C)cc2)n1. The zero-order valence-corrected chi connectivity index (χ0v) is 15.3. The predicted molar refractivity (Wildman–Crippen MR) is 92.3 cm³/mol. The number of aromatic nitrogens is 2. The molecule has 1 amide bonds. The first-order valence-corrected chi connectivity index (χ1v) is 8.20. The minimum Gasteiger partial charge on any atom is -0.478 e. The van der Waals surface area contributed by atoms with Crippen molar-refractivity contribution in [2.45, 2.75) is 45.8 Å². The molecule has 2 aromatic rings. The lowest BCUT2D eigenvalue weighted by molar-refractivity contribution is -0.135. The first-order valence-electron chi connectivity index (χ1n) is 8.20. The molecule has 0 saturated heterocycles. The molecule has 0 aliphatic heterocycles. The monoisotopic (exact) mass is 347 g/mol. The number of nitrogens with zero attached hydrogens (tertiary/aromatic N) is 2. The van der Waals surface area contributed by atoms with Gasteiger partial charge in [-0.2, -0.15) is 4.98 Å². The number of rotatable bonds is 8. The molecule has 1 aromatic heterocycles. The summed E-state index contributed by atoms with van der Waals surface area (Å²) in [5.74, 6) is 1.27. The minimum atomic E-state index is -1.04. The van der Waals surface area contributed by atoms with E-state index in [0.29, 0.717) is 30.5 Å². The number of nitrogens with one attached hydrogen (secondary N) is 1. The van der Waals surface area contributed by atoms with E-state index < -0.39 is 11.6 Å². The number of hydrogen-bond acceptors (Lipinski definition) is 6. The van der Waals surface area contributed by atoms with Gasteiger partial charge in [0.25, 0.3) is 5.91 Å². The molecule has 1 N–H and O–H groups in total. The Balaban J connectivity index is 1.96. The topological polar surface area (TPSA) is 86.5 Å². The lowest BCUT2D eigenvalue weighted by atomic mass is 10.1. The van der Waals surface area contributed by atoms with Gasteiger partial charge in [0.15, 0.2) is 11.4 Å². The maximum Gasteiger partial charge on any atom is 0.264 e. The van der Waals surface area contributed by atoms with E-state index in [2.05, 4.69) is 15.5 Å². The van der Waals surface area contributed by atoms with Crippen molar-refractivity contribution in [1.29, 1.82) is 0 Å². The molecule has 1 unspecified atom stereocenters. The van der Waals surface area contributed by atoms with E-state index >= 15 is 0 Å². The highest BCUT2D eigenvalue weighted by atomic mass is 16.5. The molecule has 2 rings (SSSR count). The molecule has 1 atom stereocenters. The fourth-order valence-electron chi connectivity index (χ4n) is 2.12. The van der Waals surface area contributed by atoms with Gasteiger partial charge in [-0.3, -0.25) is 4.79 Å². The van der Waals surface area contributed by atoms with Crippen molar-refractivity contribution in [3.05, 3.63) is 41.5 Å². The Bertz CT molecular complexity index is 695. The van der Waals surface area contributed by atoms with Crippen molar-refractivity contribution in [2.75, 3.05) is 13.7 Å². The second kappa shape index (κ2) is 8.11. The van der Waals surface area contributed by atoms with Crippen LogP contribution in [0.2, 0.25) is 0 Å². The van der Waals surface area contributed by atoms with Gasteiger partial charge in [0.1, 0.15) is 11.8 Å². The summed E-state index contributed by atoms with van der Waals surface area (Å²) in [6.45, 7) is 7.72.